The van der Waals surface area contributed by atoms with E-state index in [4.69, 9.17) is 4.74 Å². The van der Waals surface area contributed by atoms with Crippen LogP contribution in [0.25, 0.3) is 0 Å². The summed E-state index contributed by atoms with van der Waals surface area (Å²) in [5.74, 6) is 0.866. The van der Waals surface area contributed by atoms with Crippen LogP contribution in [0.15, 0.2) is 6.20 Å². The molecule has 0 bridgehead atoms. The molecule has 4 nitrogen and oxygen atoms in total. The number of rotatable bonds is 6. The SMILES string of the molecule is CCCNC(C)c1c(OC)cnn1C(C)C. The lowest BCUT2D eigenvalue weighted by atomic mass is 10.2. The minimum atomic E-state index is 0.264. The van der Waals surface area contributed by atoms with Crippen molar-refractivity contribution in [2.45, 2.75) is 46.2 Å². The normalized spacial score (nSPS) is 13.1. The Labute approximate surface area is 98.0 Å². The molecular weight excluding hydrogens is 202 g/mol. The van der Waals surface area contributed by atoms with E-state index in [2.05, 4.69) is 38.1 Å². The smallest absolute Gasteiger partial charge is 0.161 e. The highest BCUT2D eigenvalue weighted by Crippen LogP contribution is 2.26. The van der Waals surface area contributed by atoms with Crippen LogP contribution in [-0.4, -0.2) is 23.4 Å². The van der Waals surface area contributed by atoms with Gasteiger partial charge in [-0.05, 0) is 33.7 Å². The summed E-state index contributed by atoms with van der Waals surface area (Å²) >= 11 is 0. The van der Waals surface area contributed by atoms with Crippen LogP contribution in [0.4, 0.5) is 0 Å². The van der Waals surface area contributed by atoms with E-state index in [-0.39, 0.29) is 6.04 Å². The van der Waals surface area contributed by atoms with Gasteiger partial charge in [-0.25, -0.2) is 0 Å². The summed E-state index contributed by atoms with van der Waals surface area (Å²) in [6.07, 6.45) is 2.92. The fourth-order valence-corrected chi connectivity index (χ4v) is 1.79. The second-order valence-electron chi connectivity index (χ2n) is 4.31. The van der Waals surface area contributed by atoms with Gasteiger partial charge in [-0.2, -0.15) is 5.10 Å². The Balaban J connectivity index is 2.93. The van der Waals surface area contributed by atoms with Crippen molar-refractivity contribution in [3.05, 3.63) is 11.9 Å². The van der Waals surface area contributed by atoms with E-state index in [9.17, 15) is 0 Å². The van der Waals surface area contributed by atoms with Gasteiger partial charge in [-0.3, -0.25) is 4.68 Å². The number of hydrogen-bond donors (Lipinski definition) is 1. The average Bonchev–Trinajstić information content (AvgIpc) is 2.69. The van der Waals surface area contributed by atoms with Gasteiger partial charge in [-0.1, -0.05) is 6.92 Å². The van der Waals surface area contributed by atoms with Gasteiger partial charge in [-0.15, -0.1) is 0 Å². The number of aromatic nitrogens is 2. The van der Waals surface area contributed by atoms with Crippen LogP contribution in [0.1, 0.15) is 51.9 Å². The average molecular weight is 225 g/mol. The molecule has 1 aromatic rings. The molecule has 0 radical (unpaired) electrons. The second kappa shape index (κ2) is 5.89. The maximum atomic E-state index is 5.35. The summed E-state index contributed by atoms with van der Waals surface area (Å²) < 4.78 is 7.37. The molecule has 1 atom stereocenters. The third kappa shape index (κ3) is 2.76. The summed E-state index contributed by atoms with van der Waals surface area (Å²) in [4.78, 5) is 0. The van der Waals surface area contributed by atoms with Crippen LogP contribution in [0.2, 0.25) is 0 Å². The fraction of sp³-hybridized carbons (Fsp3) is 0.750. The van der Waals surface area contributed by atoms with Crippen molar-refractivity contribution >= 4 is 0 Å². The van der Waals surface area contributed by atoms with Gasteiger partial charge in [0.15, 0.2) is 5.75 Å². The Morgan fingerprint density at radius 3 is 2.62 bits per heavy atom. The molecule has 0 amide bonds. The van der Waals surface area contributed by atoms with E-state index in [1.165, 1.54) is 0 Å². The molecule has 1 N–H and O–H groups in total. The highest BCUT2D eigenvalue weighted by Gasteiger charge is 2.18. The quantitative estimate of drug-likeness (QED) is 0.808. The van der Waals surface area contributed by atoms with E-state index in [1.807, 2.05) is 4.68 Å². The fourth-order valence-electron chi connectivity index (χ4n) is 1.79. The Bertz CT molecular complexity index is 320. The third-order valence-corrected chi connectivity index (χ3v) is 2.62. The molecule has 16 heavy (non-hydrogen) atoms. The first kappa shape index (κ1) is 13.0. The molecule has 0 aliphatic heterocycles. The standard InChI is InChI=1S/C12H23N3O/c1-6-7-13-10(4)12-11(16-5)8-14-15(12)9(2)3/h8-10,13H,6-7H2,1-5H3. The maximum Gasteiger partial charge on any atom is 0.161 e. The summed E-state index contributed by atoms with van der Waals surface area (Å²) in [5, 5.41) is 7.83. The number of hydrogen-bond acceptors (Lipinski definition) is 3. The molecule has 1 unspecified atom stereocenters. The second-order valence-corrected chi connectivity index (χ2v) is 4.31. The van der Waals surface area contributed by atoms with E-state index in [0.717, 1.165) is 24.4 Å². The van der Waals surface area contributed by atoms with Crippen LogP contribution in [0, 0.1) is 0 Å². The molecule has 1 rings (SSSR count). The van der Waals surface area contributed by atoms with Gasteiger partial charge >= 0.3 is 0 Å². The molecule has 0 aliphatic carbocycles. The molecule has 0 saturated carbocycles. The molecule has 0 aromatic carbocycles. The first-order valence-electron chi connectivity index (χ1n) is 5.96. The first-order valence-corrected chi connectivity index (χ1v) is 5.96. The van der Waals surface area contributed by atoms with Crippen molar-refractivity contribution in [2.24, 2.45) is 0 Å². The summed E-state index contributed by atoms with van der Waals surface area (Å²) in [5.41, 5.74) is 1.13. The largest absolute Gasteiger partial charge is 0.493 e. The van der Waals surface area contributed by atoms with Crippen molar-refractivity contribution in [1.29, 1.82) is 0 Å². The Morgan fingerprint density at radius 1 is 1.44 bits per heavy atom. The third-order valence-electron chi connectivity index (χ3n) is 2.62. The van der Waals surface area contributed by atoms with Gasteiger partial charge in [0.2, 0.25) is 0 Å². The monoisotopic (exact) mass is 225 g/mol. The Morgan fingerprint density at radius 2 is 2.12 bits per heavy atom. The lowest BCUT2D eigenvalue weighted by molar-refractivity contribution is 0.389. The number of nitrogens with zero attached hydrogens (tertiary/aromatic N) is 2. The molecule has 0 fully saturated rings. The predicted octanol–water partition coefficient (Wildman–Crippen LogP) is 2.53. The highest BCUT2D eigenvalue weighted by molar-refractivity contribution is 5.28. The molecule has 0 aliphatic rings. The van der Waals surface area contributed by atoms with Gasteiger partial charge in [0.25, 0.3) is 0 Å². The zero-order chi connectivity index (χ0) is 12.1. The first-order chi connectivity index (χ1) is 7.61. The van der Waals surface area contributed by atoms with Gasteiger partial charge in [0, 0.05) is 6.04 Å². The topological polar surface area (TPSA) is 39.1 Å². The molecule has 92 valence electrons. The lowest BCUT2D eigenvalue weighted by Gasteiger charge is -2.18. The maximum absolute atomic E-state index is 5.35. The van der Waals surface area contributed by atoms with Crippen molar-refractivity contribution in [3.63, 3.8) is 0 Å². The zero-order valence-electron chi connectivity index (χ0n) is 10.9. The van der Waals surface area contributed by atoms with Crippen molar-refractivity contribution in [3.8, 4) is 5.75 Å². The van der Waals surface area contributed by atoms with E-state index in [1.54, 1.807) is 13.3 Å². The van der Waals surface area contributed by atoms with E-state index < -0.39 is 0 Å². The molecule has 4 heteroatoms. The van der Waals surface area contributed by atoms with Crippen LogP contribution < -0.4 is 10.1 Å². The number of methoxy groups -OCH3 is 1. The van der Waals surface area contributed by atoms with Crippen LogP contribution in [-0.2, 0) is 0 Å². The Hall–Kier alpha value is -1.03. The van der Waals surface area contributed by atoms with Gasteiger partial charge in [0.05, 0.1) is 25.0 Å². The molecule has 0 spiro atoms. The number of ether oxygens (including phenoxy) is 1. The van der Waals surface area contributed by atoms with E-state index in [0.29, 0.717) is 6.04 Å². The molecular formula is C12H23N3O. The minimum Gasteiger partial charge on any atom is -0.493 e. The summed E-state index contributed by atoms with van der Waals surface area (Å²) in [6.45, 7) is 9.57. The van der Waals surface area contributed by atoms with Gasteiger partial charge in [0.1, 0.15) is 0 Å². The van der Waals surface area contributed by atoms with E-state index >= 15 is 0 Å². The van der Waals surface area contributed by atoms with Crippen LogP contribution in [0.3, 0.4) is 0 Å². The summed E-state index contributed by atoms with van der Waals surface area (Å²) in [6, 6.07) is 0.615. The van der Waals surface area contributed by atoms with Crippen molar-refractivity contribution in [1.82, 2.24) is 15.1 Å². The molecule has 1 aromatic heterocycles. The van der Waals surface area contributed by atoms with Crippen LogP contribution >= 0.6 is 0 Å². The molecule has 1 heterocycles. The summed E-state index contributed by atoms with van der Waals surface area (Å²) in [7, 11) is 1.69. The predicted molar refractivity (Wildman–Crippen MR) is 65.9 cm³/mol. The van der Waals surface area contributed by atoms with Gasteiger partial charge < -0.3 is 10.1 Å². The minimum absolute atomic E-state index is 0.264. The Kier molecular flexibility index (Phi) is 4.80. The van der Waals surface area contributed by atoms with Crippen molar-refractivity contribution < 1.29 is 4.74 Å². The number of nitrogens with one attached hydrogen (secondary N) is 1. The molecule has 0 saturated heterocycles. The zero-order valence-corrected chi connectivity index (χ0v) is 10.9. The van der Waals surface area contributed by atoms with Crippen LogP contribution in [0.5, 0.6) is 5.75 Å². The highest BCUT2D eigenvalue weighted by atomic mass is 16.5. The lowest BCUT2D eigenvalue weighted by Crippen LogP contribution is -2.23. The van der Waals surface area contributed by atoms with Crippen molar-refractivity contribution in [2.75, 3.05) is 13.7 Å².